The Morgan fingerprint density at radius 3 is 2.65 bits per heavy atom. The van der Waals surface area contributed by atoms with Crippen molar-refractivity contribution in [2.24, 2.45) is 5.92 Å². The molecule has 0 saturated heterocycles. The van der Waals surface area contributed by atoms with Crippen molar-refractivity contribution in [2.75, 3.05) is 6.61 Å². The predicted octanol–water partition coefficient (Wildman–Crippen LogP) is 3.02. The van der Waals surface area contributed by atoms with Gasteiger partial charge in [0.05, 0.1) is 12.7 Å². The summed E-state index contributed by atoms with van der Waals surface area (Å²) in [5.41, 5.74) is 3.60. The van der Waals surface area contributed by atoms with E-state index < -0.39 is 0 Å². The topological polar surface area (TPSA) is 29.5 Å². The Hall–Kier alpha value is -1.02. The lowest BCUT2D eigenvalue weighted by Gasteiger charge is -2.16. The monoisotopic (exact) mass is 234 g/mol. The highest BCUT2D eigenvalue weighted by molar-refractivity contribution is 5.45. The quantitative estimate of drug-likeness (QED) is 0.848. The normalized spacial score (nSPS) is 16.9. The molecule has 1 atom stereocenters. The zero-order chi connectivity index (χ0) is 12.4. The summed E-state index contributed by atoms with van der Waals surface area (Å²) in [6, 6.07) is 4.19. The smallest absolute Gasteiger partial charge is 0.125 e. The van der Waals surface area contributed by atoms with Crippen LogP contribution in [0.15, 0.2) is 12.1 Å². The minimum absolute atomic E-state index is 0.319. The molecule has 1 unspecified atom stereocenters. The first-order valence-corrected chi connectivity index (χ1v) is 6.48. The highest BCUT2D eigenvalue weighted by Gasteiger charge is 2.23. The van der Waals surface area contributed by atoms with Gasteiger partial charge in [0.25, 0.3) is 0 Å². The average Bonchev–Trinajstić information content (AvgIpc) is 3.06. The van der Waals surface area contributed by atoms with Gasteiger partial charge in [-0.25, -0.2) is 0 Å². The van der Waals surface area contributed by atoms with Crippen LogP contribution in [0.25, 0.3) is 0 Å². The van der Waals surface area contributed by atoms with Gasteiger partial charge in [-0.15, -0.1) is 0 Å². The van der Waals surface area contributed by atoms with Gasteiger partial charge >= 0.3 is 0 Å². The number of rotatable bonds is 5. The molecule has 2 nitrogen and oxygen atoms in total. The lowest BCUT2D eigenvalue weighted by molar-refractivity contribution is 0.193. The maximum Gasteiger partial charge on any atom is 0.125 e. The van der Waals surface area contributed by atoms with Crippen molar-refractivity contribution in [1.82, 2.24) is 0 Å². The standard InChI is InChI=1S/C15H22O2/c1-10-4-7-14(8-11(2)16)15(12(10)3)17-9-13-5-6-13/h4,7,11,13,16H,5-6,8-9H2,1-3H3. The van der Waals surface area contributed by atoms with Crippen molar-refractivity contribution in [2.45, 2.75) is 46.1 Å². The highest BCUT2D eigenvalue weighted by Crippen LogP contribution is 2.33. The third-order valence-electron chi connectivity index (χ3n) is 3.43. The van der Waals surface area contributed by atoms with Crippen LogP contribution in [0, 0.1) is 19.8 Å². The highest BCUT2D eigenvalue weighted by atomic mass is 16.5. The van der Waals surface area contributed by atoms with E-state index in [4.69, 9.17) is 4.74 Å². The molecule has 2 heteroatoms. The Morgan fingerprint density at radius 1 is 1.35 bits per heavy atom. The molecule has 0 radical (unpaired) electrons. The molecule has 1 aliphatic rings. The van der Waals surface area contributed by atoms with Crippen molar-refractivity contribution < 1.29 is 9.84 Å². The van der Waals surface area contributed by atoms with E-state index in [0.717, 1.165) is 23.8 Å². The van der Waals surface area contributed by atoms with E-state index in [-0.39, 0.29) is 6.10 Å². The second-order valence-electron chi connectivity index (χ2n) is 5.30. The predicted molar refractivity (Wildman–Crippen MR) is 69.5 cm³/mol. The fourth-order valence-electron chi connectivity index (χ4n) is 2.01. The van der Waals surface area contributed by atoms with E-state index in [1.165, 1.54) is 24.0 Å². The molecule has 0 bridgehead atoms. The van der Waals surface area contributed by atoms with Crippen LogP contribution in [-0.2, 0) is 6.42 Å². The third-order valence-corrected chi connectivity index (χ3v) is 3.43. The van der Waals surface area contributed by atoms with Crippen LogP contribution >= 0.6 is 0 Å². The van der Waals surface area contributed by atoms with Crippen LogP contribution in [0.4, 0.5) is 0 Å². The molecule has 17 heavy (non-hydrogen) atoms. The second-order valence-corrected chi connectivity index (χ2v) is 5.30. The number of benzene rings is 1. The zero-order valence-electron chi connectivity index (χ0n) is 11.0. The minimum atomic E-state index is -0.319. The Morgan fingerprint density at radius 2 is 2.06 bits per heavy atom. The van der Waals surface area contributed by atoms with Crippen LogP contribution in [-0.4, -0.2) is 17.8 Å². The van der Waals surface area contributed by atoms with Crippen LogP contribution in [0.1, 0.15) is 36.5 Å². The lowest BCUT2D eigenvalue weighted by atomic mass is 10.0. The van der Waals surface area contributed by atoms with Crippen LogP contribution in [0.2, 0.25) is 0 Å². The summed E-state index contributed by atoms with van der Waals surface area (Å²) in [5.74, 6) is 1.76. The molecule has 0 spiro atoms. The van der Waals surface area contributed by atoms with E-state index in [1.54, 1.807) is 0 Å². The van der Waals surface area contributed by atoms with Crippen LogP contribution < -0.4 is 4.74 Å². The maximum absolute atomic E-state index is 9.52. The molecular weight excluding hydrogens is 212 g/mol. The number of hydrogen-bond donors (Lipinski definition) is 1. The molecule has 1 aromatic rings. The summed E-state index contributed by atoms with van der Waals surface area (Å²) in [7, 11) is 0. The van der Waals surface area contributed by atoms with Gasteiger partial charge in [0.1, 0.15) is 5.75 Å². The van der Waals surface area contributed by atoms with Gasteiger partial charge in [-0.1, -0.05) is 12.1 Å². The molecule has 0 aliphatic heterocycles. The third kappa shape index (κ3) is 3.22. The molecule has 0 amide bonds. The fraction of sp³-hybridized carbons (Fsp3) is 0.600. The first-order chi connectivity index (χ1) is 8.08. The molecular formula is C15H22O2. The maximum atomic E-state index is 9.52. The van der Waals surface area contributed by atoms with Gasteiger partial charge in [-0.05, 0) is 56.2 Å². The molecule has 94 valence electrons. The van der Waals surface area contributed by atoms with Crippen molar-refractivity contribution in [1.29, 1.82) is 0 Å². The van der Waals surface area contributed by atoms with E-state index in [2.05, 4.69) is 26.0 Å². The van der Waals surface area contributed by atoms with E-state index >= 15 is 0 Å². The number of aryl methyl sites for hydroxylation is 1. The van der Waals surface area contributed by atoms with E-state index in [9.17, 15) is 5.11 Å². The van der Waals surface area contributed by atoms with Crippen molar-refractivity contribution in [3.63, 3.8) is 0 Å². The Labute approximate surface area is 104 Å². The van der Waals surface area contributed by atoms with Gasteiger partial charge in [-0.3, -0.25) is 0 Å². The SMILES string of the molecule is Cc1ccc(CC(C)O)c(OCC2CC2)c1C. The van der Waals surface area contributed by atoms with E-state index in [0.29, 0.717) is 6.42 Å². The molecule has 0 heterocycles. The molecule has 2 rings (SSSR count). The fourth-order valence-corrected chi connectivity index (χ4v) is 2.01. The number of aliphatic hydroxyl groups excluding tert-OH is 1. The van der Waals surface area contributed by atoms with Crippen molar-refractivity contribution in [3.8, 4) is 5.75 Å². The minimum Gasteiger partial charge on any atom is -0.493 e. The summed E-state index contributed by atoms with van der Waals surface area (Å²) in [6.07, 6.45) is 2.95. The summed E-state index contributed by atoms with van der Waals surface area (Å²) in [5, 5.41) is 9.52. The number of aliphatic hydroxyl groups is 1. The summed E-state index contributed by atoms with van der Waals surface area (Å²) in [4.78, 5) is 0. The molecule has 1 N–H and O–H groups in total. The average molecular weight is 234 g/mol. The zero-order valence-corrected chi connectivity index (χ0v) is 11.0. The molecule has 1 saturated carbocycles. The molecule has 1 fully saturated rings. The van der Waals surface area contributed by atoms with Gasteiger partial charge < -0.3 is 9.84 Å². The van der Waals surface area contributed by atoms with Gasteiger partial charge in [0.15, 0.2) is 0 Å². The molecule has 1 aromatic carbocycles. The van der Waals surface area contributed by atoms with Crippen LogP contribution in [0.5, 0.6) is 5.75 Å². The second kappa shape index (κ2) is 5.09. The molecule has 1 aliphatic carbocycles. The lowest BCUT2D eigenvalue weighted by Crippen LogP contribution is -2.09. The number of hydrogen-bond acceptors (Lipinski definition) is 2. The number of ether oxygens (including phenoxy) is 1. The summed E-state index contributed by atoms with van der Waals surface area (Å²) in [6.45, 7) is 6.85. The Balaban J connectivity index is 2.19. The van der Waals surface area contributed by atoms with E-state index in [1.807, 2.05) is 6.92 Å². The van der Waals surface area contributed by atoms with Crippen molar-refractivity contribution in [3.05, 3.63) is 28.8 Å². The first kappa shape index (κ1) is 12.4. The van der Waals surface area contributed by atoms with Crippen molar-refractivity contribution >= 4 is 0 Å². The first-order valence-electron chi connectivity index (χ1n) is 6.48. The van der Waals surface area contributed by atoms with Crippen LogP contribution in [0.3, 0.4) is 0 Å². The van der Waals surface area contributed by atoms with Gasteiger partial charge in [0, 0.05) is 6.42 Å². The summed E-state index contributed by atoms with van der Waals surface area (Å²) >= 11 is 0. The van der Waals surface area contributed by atoms with Gasteiger partial charge in [0.2, 0.25) is 0 Å². The Bertz CT molecular complexity index is 392. The molecule has 0 aromatic heterocycles. The van der Waals surface area contributed by atoms with Gasteiger partial charge in [-0.2, -0.15) is 0 Å². The summed E-state index contributed by atoms with van der Waals surface area (Å²) < 4.78 is 5.96. The Kier molecular flexibility index (Phi) is 3.72. The largest absolute Gasteiger partial charge is 0.493 e.